The maximum atomic E-state index is 4.01. The lowest BCUT2D eigenvalue weighted by molar-refractivity contribution is 1.25. The smallest absolute Gasteiger partial charge is 0.182 e. The van der Waals surface area contributed by atoms with Gasteiger partial charge in [-0.3, -0.25) is 0 Å². The van der Waals surface area contributed by atoms with Crippen molar-refractivity contribution in [3.05, 3.63) is 18.2 Å². The van der Waals surface area contributed by atoms with Crippen molar-refractivity contribution in [1.82, 2.24) is 9.97 Å². The SMILES string of the molecule is C[Si](C)(C)C#Cc1ncc[nH]1. The molecular weight excluding hydrogens is 152 g/mol. The van der Waals surface area contributed by atoms with Crippen molar-refractivity contribution in [3.8, 4) is 11.5 Å². The molecule has 0 bridgehead atoms. The molecule has 0 radical (unpaired) electrons. The molecule has 3 heteroatoms. The number of rotatable bonds is 0. The highest BCUT2D eigenvalue weighted by Crippen LogP contribution is 1.97. The van der Waals surface area contributed by atoms with E-state index >= 15 is 0 Å². The minimum atomic E-state index is -1.23. The molecule has 0 aliphatic rings. The van der Waals surface area contributed by atoms with Gasteiger partial charge in [-0.1, -0.05) is 19.6 Å². The standard InChI is InChI=1S/C8H12N2Si/c1-11(2,3)7-4-8-9-5-6-10-8/h5-6H,1-3H3,(H,9,10). The Morgan fingerprint density at radius 3 is 2.64 bits per heavy atom. The van der Waals surface area contributed by atoms with Gasteiger partial charge in [0.25, 0.3) is 0 Å². The molecule has 0 atom stereocenters. The number of nitrogens with one attached hydrogen (secondary N) is 1. The van der Waals surface area contributed by atoms with Crippen LogP contribution >= 0.6 is 0 Å². The van der Waals surface area contributed by atoms with Gasteiger partial charge in [-0.25, -0.2) is 4.98 Å². The molecule has 1 rings (SSSR count). The van der Waals surface area contributed by atoms with Crippen molar-refractivity contribution in [2.75, 3.05) is 0 Å². The number of imidazole rings is 1. The van der Waals surface area contributed by atoms with Crippen LogP contribution in [0.5, 0.6) is 0 Å². The Bertz CT molecular complexity index is 271. The van der Waals surface area contributed by atoms with Gasteiger partial charge in [0, 0.05) is 12.4 Å². The molecule has 2 nitrogen and oxygen atoms in total. The van der Waals surface area contributed by atoms with Gasteiger partial charge in [0.15, 0.2) is 5.82 Å². The zero-order valence-corrected chi connectivity index (χ0v) is 8.10. The molecule has 0 fully saturated rings. The Balaban J connectivity index is 2.74. The molecule has 11 heavy (non-hydrogen) atoms. The first kappa shape index (κ1) is 8.09. The normalized spacial score (nSPS) is 10.5. The molecule has 0 aliphatic carbocycles. The third-order valence-corrected chi connectivity index (χ3v) is 1.93. The maximum absolute atomic E-state index is 4.01. The highest BCUT2D eigenvalue weighted by atomic mass is 28.3. The fraction of sp³-hybridized carbons (Fsp3) is 0.375. The zero-order chi connectivity index (χ0) is 8.32. The quantitative estimate of drug-likeness (QED) is 0.458. The van der Waals surface area contributed by atoms with Crippen LogP contribution in [-0.2, 0) is 0 Å². The lowest BCUT2D eigenvalue weighted by Crippen LogP contribution is -2.16. The molecular formula is C8H12N2Si. The van der Waals surface area contributed by atoms with Crippen LogP contribution in [0.1, 0.15) is 5.82 Å². The van der Waals surface area contributed by atoms with Crippen molar-refractivity contribution in [2.24, 2.45) is 0 Å². The zero-order valence-electron chi connectivity index (χ0n) is 7.10. The summed E-state index contributed by atoms with van der Waals surface area (Å²) in [6.07, 6.45) is 3.50. The monoisotopic (exact) mass is 164 g/mol. The van der Waals surface area contributed by atoms with Crippen molar-refractivity contribution in [3.63, 3.8) is 0 Å². The number of hydrogen-bond donors (Lipinski definition) is 1. The summed E-state index contributed by atoms with van der Waals surface area (Å²) >= 11 is 0. The van der Waals surface area contributed by atoms with Gasteiger partial charge in [0.05, 0.1) is 0 Å². The van der Waals surface area contributed by atoms with Gasteiger partial charge in [-0.15, -0.1) is 5.54 Å². The molecule has 0 amide bonds. The van der Waals surface area contributed by atoms with Crippen LogP contribution in [0.2, 0.25) is 19.6 Å². The van der Waals surface area contributed by atoms with E-state index in [1.165, 1.54) is 0 Å². The average Bonchev–Trinajstić information content (AvgIpc) is 2.32. The van der Waals surface area contributed by atoms with Gasteiger partial charge in [-0.2, -0.15) is 0 Å². The first-order chi connectivity index (χ1) is 5.08. The second kappa shape index (κ2) is 2.93. The van der Waals surface area contributed by atoms with E-state index in [4.69, 9.17) is 0 Å². The fourth-order valence-corrected chi connectivity index (χ4v) is 1.07. The van der Waals surface area contributed by atoms with Crippen LogP contribution in [-0.4, -0.2) is 18.0 Å². The van der Waals surface area contributed by atoms with E-state index in [0.717, 1.165) is 5.82 Å². The molecule has 0 saturated heterocycles. The summed E-state index contributed by atoms with van der Waals surface area (Å²) in [4.78, 5) is 6.96. The van der Waals surface area contributed by atoms with Gasteiger partial charge in [0.1, 0.15) is 8.07 Å². The van der Waals surface area contributed by atoms with Gasteiger partial charge in [0.2, 0.25) is 0 Å². The average molecular weight is 164 g/mol. The lowest BCUT2D eigenvalue weighted by Gasteiger charge is -2.02. The van der Waals surface area contributed by atoms with E-state index < -0.39 is 8.07 Å². The third-order valence-electron chi connectivity index (χ3n) is 1.05. The van der Waals surface area contributed by atoms with Gasteiger partial charge in [-0.05, 0) is 5.92 Å². The van der Waals surface area contributed by atoms with Crippen molar-refractivity contribution in [2.45, 2.75) is 19.6 Å². The molecule has 1 N–H and O–H groups in total. The van der Waals surface area contributed by atoms with Crippen LogP contribution in [0.3, 0.4) is 0 Å². The number of aromatic amines is 1. The molecule has 1 aromatic rings. The summed E-state index contributed by atoms with van der Waals surface area (Å²) in [6, 6.07) is 0. The molecule has 0 unspecified atom stereocenters. The summed E-state index contributed by atoms with van der Waals surface area (Å²) in [5, 5.41) is 0. The van der Waals surface area contributed by atoms with Crippen LogP contribution < -0.4 is 0 Å². The number of aromatic nitrogens is 2. The van der Waals surface area contributed by atoms with Crippen LogP contribution in [0.25, 0.3) is 0 Å². The summed E-state index contributed by atoms with van der Waals surface area (Å²) < 4.78 is 0. The number of hydrogen-bond acceptors (Lipinski definition) is 1. The third kappa shape index (κ3) is 3.05. The Labute approximate surface area is 68.1 Å². The van der Waals surface area contributed by atoms with E-state index in [2.05, 4.69) is 41.1 Å². The summed E-state index contributed by atoms with van der Waals surface area (Å²) in [6.45, 7) is 6.63. The summed E-state index contributed by atoms with van der Waals surface area (Å²) in [7, 11) is -1.23. The Morgan fingerprint density at radius 2 is 2.18 bits per heavy atom. The second-order valence-electron chi connectivity index (χ2n) is 3.44. The van der Waals surface area contributed by atoms with E-state index in [1.54, 1.807) is 12.4 Å². The van der Waals surface area contributed by atoms with Crippen LogP contribution in [0, 0.1) is 11.5 Å². The molecule has 1 heterocycles. The first-order valence-corrected chi connectivity index (χ1v) is 7.10. The first-order valence-electron chi connectivity index (χ1n) is 3.60. The highest BCUT2D eigenvalue weighted by molar-refractivity contribution is 6.83. The van der Waals surface area contributed by atoms with Crippen molar-refractivity contribution >= 4 is 8.07 Å². The molecule has 0 spiro atoms. The van der Waals surface area contributed by atoms with Gasteiger partial charge >= 0.3 is 0 Å². The fourth-order valence-electron chi connectivity index (χ4n) is 0.580. The summed E-state index contributed by atoms with van der Waals surface area (Å²) in [5.74, 6) is 3.78. The minimum absolute atomic E-state index is 0.771. The van der Waals surface area contributed by atoms with Gasteiger partial charge < -0.3 is 4.98 Å². The maximum Gasteiger partial charge on any atom is 0.182 e. The minimum Gasteiger partial charge on any atom is -0.338 e. The molecule has 1 aromatic heterocycles. The largest absolute Gasteiger partial charge is 0.338 e. The predicted octanol–water partition coefficient (Wildman–Crippen LogP) is 1.64. The molecule has 0 saturated carbocycles. The predicted molar refractivity (Wildman–Crippen MR) is 48.8 cm³/mol. The Morgan fingerprint density at radius 1 is 1.45 bits per heavy atom. The molecule has 0 aliphatic heterocycles. The highest BCUT2D eigenvalue weighted by Gasteiger charge is 2.07. The number of H-pyrrole nitrogens is 1. The Hall–Kier alpha value is -1.01. The van der Waals surface area contributed by atoms with Crippen molar-refractivity contribution in [1.29, 1.82) is 0 Å². The molecule has 58 valence electrons. The van der Waals surface area contributed by atoms with Crippen LogP contribution in [0.4, 0.5) is 0 Å². The van der Waals surface area contributed by atoms with E-state index in [1.807, 2.05) is 0 Å². The van der Waals surface area contributed by atoms with Crippen molar-refractivity contribution < 1.29 is 0 Å². The summed E-state index contributed by atoms with van der Waals surface area (Å²) in [5.41, 5.74) is 3.22. The lowest BCUT2D eigenvalue weighted by atomic mass is 10.7. The van der Waals surface area contributed by atoms with E-state index in [-0.39, 0.29) is 0 Å². The number of nitrogens with zero attached hydrogens (tertiary/aromatic N) is 1. The van der Waals surface area contributed by atoms with Crippen LogP contribution in [0.15, 0.2) is 12.4 Å². The van der Waals surface area contributed by atoms with E-state index in [9.17, 15) is 0 Å². The Kier molecular flexibility index (Phi) is 2.15. The molecule has 0 aromatic carbocycles. The topological polar surface area (TPSA) is 28.7 Å². The second-order valence-corrected chi connectivity index (χ2v) is 8.19. The van der Waals surface area contributed by atoms with E-state index in [0.29, 0.717) is 0 Å².